The molecule has 1 saturated heterocycles. The maximum absolute atomic E-state index is 12.3. The van der Waals surface area contributed by atoms with Gasteiger partial charge in [0.15, 0.2) is 5.96 Å². The lowest BCUT2D eigenvalue weighted by Crippen LogP contribution is -2.49. The van der Waals surface area contributed by atoms with Crippen LogP contribution >= 0.6 is 24.0 Å². The summed E-state index contributed by atoms with van der Waals surface area (Å²) in [7, 11) is 3.36. The molecule has 0 aromatic heterocycles. The van der Waals surface area contributed by atoms with Crippen LogP contribution in [0, 0.1) is 13.8 Å². The summed E-state index contributed by atoms with van der Waals surface area (Å²) in [6.45, 7) is 7.45. The number of benzene rings is 2. The lowest BCUT2D eigenvalue weighted by Gasteiger charge is -2.35. The molecule has 174 valence electrons. The van der Waals surface area contributed by atoms with Gasteiger partial charge in [-0.1, -0.05) is 29.8 Å². The Kier molecular flexibility index (Phi) is 10.2. The van der Waals surface area contributed by atoms with Crippen molar-refractivity contribution in [2.45, 2.75) is 20.0 Å². The molecule has 1 atom stereocenters. The van der Waals surface area contributed by atoms with E-state index in [1.807, 2.05) is 6.07 Å². The fourth-order valence-electron chi connectivity index (χ4n) is 3.77. The highest BCUT2D eigenvalue weighted by Crippen LogP contribution is 2.25. The maximum Gasteiger partial charge on any atom is 0.251 e. The van der Waals surface area contributed by atoms with Crippen molar-refractivity contribution in [3.63, 3.8) is 0 Å². The van der Waals surface area contributed by atoms with Gasteiger partial charge in [0, 0.05) is 32.2 Å². The minimum Gasteiger partial charge on any atom is -0.497 e. The molecule has 32 heavy (non-hydrogen) atoms. The number of carbonyl (C=O) groups is 1. The van der Waals surface area contributed by atoms with Gasteiger partial charge in [-0.3, -0.25) is 9.79 Å². The van der Waals surface area contributed by atoms with Gasteiger partial charge >= 0.3 is 0 Å². The summed E-state index contributed by atoms with van der Waals surface area (Å²) in [6, 6.07) is 13.6. The van der Waals surface area contributed by atoms with Crippen LogP contribution in [0.15, 0.2) is 47.5 Å². The molecule has 2 N–H and O–H groups in total. The number of methoxy groups -OCH3 is 1. The van der Waals surface area contributed by atoms with Gasteiger partial charge < -0.3 is 25.0 Å². The quantitative estimate of drug-likeness (QED) is 0.249. The van der Waals surface area contributed by atoms with E-state index in [1.54, 1.807) is 32.4 Å². The van der Waals surface area contributed by atoms with E-state index in [0.717, 1.165) is 19.0 Å². The first-order valence-electron chi connectivity index (χ1n) is 10.6. The molecule has 8 heteroatoms. The molecule has 1 amide bonds. The van der Waals surface area contributed by atoms with Gasteiger partial charge in [0.1, 0.15) is 11.9 Å². The highest BCUT2D eigenvalue weighted by Gasteiger charge is 2.25. The van der Waals surface area contributed by atoms with Crippen molar-refractivity contribution < 1.29 is 14.3 Å². The molecule has 0 spiro atoms. The van der Waals surface area contributed by atoms with Gasteiger partial charge in [-0.15, -0.1) is 24.0 Å². The van der Waals surface area contributed by atoms with E-state index in [1.165, 1.54) is 16.7 Å². The fraction of sp³-hybridized carbons (Fsp3) is 0.417. The third-order valence-corrected chi connectivity index (χ3v) is 5.38. The van der Waals surface area contributed by atoms with Crippen LogP contribution in [-0.2, 0) is 4.74 Å². The van der Waals surface area contributed by atoms with Crippen molar-refractivity contribution in [3.8, 4) is 5.75 Å². The Hall–Kier alpha value is -2.33. The van der Waals surface area contributed by atoms with E-state index in [9.17, 15) is 4.79 Å². The van der Waals surface area contributed by atoms with E-state index in [4.69, 9.17) is 9.47 Å². The molecule has 7 nitrogen and oxygen atoms in total. The van der Waals surface area contributed by atoms with Crippen molar-refractivity contribution >= 4 is 35.8 Å². The maximum atomic E-state index is 12.3. The first-order chi connectivity index (χ1) is 15.0. The summed E-state index contributed by atoms with van der Waals surface area (Å²) >= 11 is 0. The van der Waals surface area contributed by atoms with Gasteiger partial charge in [0.25, 0.3) is 5.91 Å². The van der Waals surface area contributed by atoms with E-state index >= 15 is 0 Å². The second kappa shape index (κ2) is 12.6. The van der Waals surface area contributed by atoms with E-state index in [0.29, 0.717) is 31.0 Å². The smallest absolute Gasteiger partial charge is 0.251 e. The Morgan fingerprint density at radius 2 is 1.97 bits per heavy atom. The molecule has 0 aliphatic carbocycles. The lowest BCUT2D eigenvalue weighted by atomic mass is 10.00. The second-order valence-corrected chi connectivity index (χ2v) is 7.63. The second-order valence-electron chi connectivity index (χ2n) is 7.63. The van der Waals surface area contributed by atoms with E-state index in [2.05, 4.69) is 52.6 Å². The lowest BCUT2D eigenvalue weighted by molar-refractivity contribution is -0.00829. The summed E-state index contributed by atoms with van der Waals surface area (Å²) in [5.74, 6) is 1.35. The average molecular weight is 552 g/mol. The van der Waals surface area contributed by atoms with Crippen LogP contribution in [0.3, 0.4) is 0 Å². The molecule has 3 rings (SSSR count). The minimum absolute atomic E-state index is 0. The Morgan fingerprint density at radius 3 is 2.69 bits per heavy atom. The number of nitrogens with one attached hydrogen (secondary N) is 2. The number of carbonyl (C=O) groups excluding carboxylic acids is 1. The van der Waals surface area contributed by atoms with Crippen LogP contribution in [0.5, 0.6) is 5.75 Å². The number of hydrogen-bond acceptors (Lipinski definition) is 4. The SMILES string of the molecule is CN=C(NCCNC(=O)c1cccc(OC)c1)N1CCOC(c2ccc(C)cc2C)C1.I. The molecular weight excluding hydrogens is 519 g/mol. The number of halogens is 1. The highest BCUT2D eigenvalue weighted by atomic mass is 127. The molecule has 1 unspecified atom stereocenters. The van der Waals surface area contributed by atoms with Crippen LogP contribution in [-0.4, -0.2) is 63.7 Å². The van der Waals surface area contributed by atoms with Gasteiger partial charge in [0.2, 0.25) is 0 Å². The van der Waals surface area contributed by atoms with Gasteiger partial charge in [0.05, 0.1) is 20.3 Å². The van der Waals surface area contributed by atoms with E-state index in [-0.39, 0.29) is 36.0 Å². The number of aryl methyl sites for hydroxylation is 2. The minimum atomic E-state index is -0.128. The molecule has 0 bridgehead atoms. The van der Waals surface area contributed by atoms with E-state index < -0.39 is 0 Å². The van der Waals surface area contributed by atoms with Crippen LogP contribution in [0.2, 0.25) is 0 Å². The zero-order valence-electron chi connectivity index (χ0n) is 19.2. The number of guanidine groups is 1. The summed E-state index contributed by atoms with van der Waals surface area (Å²) < 4.78 is 11.2. The monoisotopic (exact) mass is 552 g/mol. The standard InChI is InChI=1S/C24H32N4O3.HI/c1-17-8-9-21(18(2)14-17)22-16-28(12-13-31-22)24(25-3)27-11-10-26-23(29)19-6-5-7-20(15-19)30-4;/h5-9,14-15,22H,10-13,16H2,1-4H3,(H,25,27)(H,26,29);1H. The number of ether oxygens (including phenoxy) is 2. The predicted molar refractivity (Wildman–Crippen MR) is 138 cm³/mol. The molecule has 1 aliphatic rings. The topological polar surface area (TPSA) is 75.2 Å². The number of nitrogens with zero attached hydrogens (tertiary/aromatic N) is 2. The summed E-state index contributed by atoms with van der Waals surface area (Å²) in [6.07, 6.45) is 0.0145. The third-order valence-electron chi connectivity index (χ3n) is 5.38. The van der Waals surface area contributed by atoms with Crippen molar-refractivity contribution in [1.29, 1.82) is 0 Å². The van der Waals surface area contributed by atoms with Gasteiger partial charge in [-0.05, 0) is 43.2 Å². The normalized spacial score (nSPS) is 16.2. The summed E-state index contributed by atoms with van der Waals surface area (Å²) in [5, 5.41) is 6.27. The summed E-state index contributed by atoms with van der Waals surface area (Å²) in [4.78, 5) is 19.0. The van der Waals surface area contributed by atoms with Gasteiger partial charge in [-0.2, -0.15) is 0 Å². The van der Waals surface area contributed by atoms with Gasteiger partial charge in [-0.25, -0.2) is 0 Å². The van der Waals surface area contributed by atoms with Crippen molar-refractivity contribution in [3.05, 3.63) is 64.7 Å². The van der Waals surface area contributed by atoms with Crippen LogP contribution in [0.1, 0.15) is 33.2 Å². The Morgan fingerprint density at radius 1 is 1.19 bits per heavy atom. The number of morpholine rings is 1. The number of hydrogen-bond donors (Lipinski definition) is 2. The molecule has 1 heterocycles. The average Bonchev–Trinajstić information content (AvgIpc) is 2.79. The number of amides is 1. The molecule has 0 radical (unpaired) electrons. The van der Waals surface area contributed by atoms with Crippen molar-refractivity contribution in [2.75, 3.05) is 46.9 Å². The van der Waals surface area contributed by atoms with Crippen LogP contribution in [0.25, 0.3) is 0 Å². The Balaban J connectivity index is 0.00000363. The predicted octanol–water partition coefficient (Wildman–Crippen LogP) is 3.31. The van der Waals surface area contributed by atoms with Crippen molar-refractivity contribution in [2.24, 2.45) is 4.99 Å². The first-order valence-corrected chi connectivity index (χ1v) is 10.6. The fourth-order valence-corrected chi connectivity index (χ4v) is 3.77. The molecular formula is C24H33IN4O3. The zero-order chi connectivity index (χ0) is 22.2. The Bertz CT molecular complexity index is 935. The zero-order valence-corrected chi connectivity index (χ0v) is 21.5. The third kappa shape index (κ3) is 6.83. The first kappa shape index (κ1) is 25.9. The number of rotatable bonds is 6. The molecule has 2 aromatic carbocycles. The largest absolute Gasteiger partial charge is 0.497 e. The highest BCUT2D eigenvalue weighted by molar-refractivity contribution is 14.0. The van der Waals surface area contributed by atoms with Crippen LogP contribution < -0.4 is 15.4 Å². The van der Waals surface area contributed by atoms with Crippen molar-refractivity contribution in [1.82, 2.24) is 15.5 Å². The molecule has 1 fully saturated rings. The molecule has 2 aromatic rings. The summed E-state index contributed by atoms with van der Waals surface area (Å²) in [5.41, 5.74) is 4.29. The Labute approximate surface area is 207 Å². The van der Waals surface area contributed by atoms with Crippen LogP contribution in [0.4, 0.5) is 0 Å². The molecule has 0 saturated carbocycles. The molecule has 1 aliphatic heterocycles. The number of aliphatic imine (C=N–C) groups is 1.